The van der Waals surface area contributed by atoms with Crippen LogP contribution in [0.4, 0.5) is 5.82 Å². The van der Waals surface area contributed by atoms with Crippen LogP contribution >= 0.6 is 12.4 Å². The number of nitrogen functional groups attached to an aromatic ring is 1. The number of rotatable bonds is 1. The maximum absolute atomic E-state index is 5.74. The lowest BCUT2D eigenvalue weighted by molar-refractivity contribution is 1.34. The van der Waals surface area contributed by atoms with Crippen molar-refractivity contribution in [3.05, 3.63) is 48.7 Å². The van der Waals surface area contributed by atoms with E-state index in [1.54, 1.807) is 6.20 Å². The molecule has 1 aromatic heterocycles. The van der Waals surface area contributed by atoms with E-state index in [-0.39, 0.29) is 12.4 Å². The van der Waals surface area contributed by atoms with Crippen molar-refractivity contribution < 1.29 is 0 Å². The molecule has 0 aliphatic heterocycles. The highest BCUT2D eigenvalue weighted by Gasteiger charge is 1.99. The Balaban J connectivity index is 0.000000980. The van der Waals surface area contributed by atoms with E-state index < -0.39 is 0 Å². The largest absolute Gasteiger partial charge is 0.383 e. The van der Waals surface area contributed by atoms with Crippen LogP contribution in [0, 0.1) is 0 Å². The summed E-state index contributed by atoms with van der Waals surface area (Å²) in [4.78, 5) is 4.03. The first-order valence-corrected chi connectivity index (χ1v) is 4.14. The van der Waals surface area contributed by atoms with Gasteiger partial charge in [-0.2, -0.15) is 0 Å². The minimum absolute atomic E-state index is 0. The van der Waals surface area contributed by atoms with Gasteiger partial charge in [0.15, 0.2) is 0 Å². The van der Waals surface area contributed by atoms with Gasteiger partial charge in [0.2, 0.25) is 0 Å². The molecule has 0 amide bonds. The molecule has 0 saturated carbocycles. The van der Waals surface area contributed by atoms with E-state index in [9.17, 15) is 0 Å². The quantitative estimate of drug-likeness (QED) is 0.779. The Morgan fingerprint density at radius 1 is 0.929 bits per heavy atom. The summed E-state index contributed by atoms with van der Waals surface area (Å²) >= 11 is 0. The minimum atomic E-state index is 0. The van der Waals surface area contributed by atoms with Gasteiger partial charge in [0.1, 0.15) is 5.82 Å². The molecule has 0 unspecified atom stereocenters. The van der Waals surface area contributed by atoms with Crippen molar-refractivity contribution >= 4 is 18.2 Å². The summed E-state index contributed by atoms with van der Waals surface area (Å²) in [6, 6.07) is 13.9. The van der Waals surface area contributed by atoms with Crippen LogP contribution in [0.1, 0.15) is 0 Å². The van der Waals surface area contributed by atoms with Gasteiger partial charge < -0.3 is 5.73 Å². The number of aromatic nitrogens is 1. The molecule has 72 valence electrons. The minimum Gasteiger partial charge on any atom is -0.383 e. The number of pyridine rings is 1. The van der Waals surface area contributed by atoms with Gasteiger partial charge in [-0.15, -0.1) is 12.4 Å². The van der Waals surface area contributed by atoms with E-state index in [0.29, 0.717) is 5.82 Å². The van der Waals surface area contributed by atoms with Crippen LogP contribution in [0.2, 0.25) is 0 Å². The zero-order valence-electron chi connectivity index (χ0n) is 7.55. The number of hydrogen-bond donors (Lipinski definition) is 1. The third-order valence-electron chi connectivity index (χ3n) is 1.92. The zero-order chi connectivity index (χ0) is 9.10. The average molecular weight is 207 g/mol. The van der Waals surface area contributed by atoms with Crippen LogP contribution < -0.4 is 5.73 Å². The molecule has 2 nitrogen and oxygen atoms in total. The monoisotopic (exact) mass is 206 g/mol. The maximum Gasteiger partial charge on any atom is 0.131 e. The fraction of sp³-hybridized carbons (Fsp3) is 0. The van der Waals surface area contributed by atoms with Crippen molar-refractivity contribution in [2.75, 3.05) is 5.73 Å². The fourth-order valence-electron chi connectivity index (χ4n) is 1.28. The van der Waals surface area contributed by atoms with Crippen LogP contribution in [0.15, 0.2) is 48.7 Å². The summed E-state index contributed by atoms with van der Waals surface area (Å²) in [7, 11) is 0. The molecule has 3 heteroatoms. The molecule has 0 aliphatic carbocycles. The molecule has 0 spiro atoms. The first kappa shape index (κ1) is 10.5. The molecule has 2 aromatic rings. The van der Waals surface area contributed by atoms with Crippen molar-refractivity contribution in [2.24, 2.45) is 0 Å². The Labute approximate surface area is 89.2 Å². The summed E-state index contributed by atoms with van der Waals surface area (Å²) in [5.74, 6) is 0.578. The Morgan fingerprint density at radius 3 is 2.29 bits per heavy atom. The van der Waals surface area contributed by atoms with E-state index in [2.05, 4.69) is 4.98 Å². The standard InChI is InChI=1S/C11H10N2.ClH/c12-11-10(7-4-8-13-11)9-5-2-1-3-6-9;/h1-8H,(H2,12,13);1H. The second-order valence-corrected chi connectivity index (χ2v) is 2.80. The summed E-state index contributed by atoms with van der Waals surface area (Å²) in [5.41, 5.74) is 7.84. The van der Waals surface area contributed by atoms with Crippen LogP contribution in [0.3, 0.4) is 0 Å². The highest BCUT2D eigenvalue weighted by molar-refractivity contribution is 5.85. The summed E-state index contributed by atoms with van der Waals surface area (Å²) in [5, 5.41) is 0. The lowest BCUT2D eigenvalue weighted by Gasteiger charge is -2.02. The summed E-state index contributed by atoms with van der Waals surface area (Å²) in [6.07, 6.45) is 1.70. The number of hydrogen-bond acceptors (Lipinski definition) is 2. The molecule has 14 heavy (non-hydrogen) atoms. The molecule has 1 aromatic carbocycles. The Morgan fingerprint density at radius 2 is 1.64 bits per heavy atom. The van der Waals surface area contributed by atoms with Crippen LogP contribution in [0.25, 0.3) is 11.1 Å². The number of nitrogens with zero attached hydrogens (tertiary/aromatic N) is 1. The molecular formula is C11H11ClN2. The number of halogens is 1. The van der Waals surface area contributed by atoms with Crippen molar-refractivity contribution in [2.45, 2.75) is 0 Å². The predicted molar refractivity (Wildman–Crippen MR) is 61.3 cm³/mol. The smallest absolute Gasteiger partial charge is 0.131 e. The van der Waals surface area contributed by atoms with Gasteiger partial charge in [0.05, 0.1) is 0 Å². The molecule has 2 N–H and O–H groups in total. The van der Waals surface area contributed by atoms with Gasteiger partial charge in [0, 0.05) is 11.8 Å². The van der Waals surface area contributed by atoms with Crippen molar-refractivity contribution in [1.82, 2.24) is 4.98 Å². The molecule has 0 bridgehead atoms. The normalized spacial score (nSPS) is 9.14. The Bertz CT molecular complexity index is 401. The topological polar surface area (TPSA) is 38.9 Å². The SMILES string of the molecule is Cl.Nc1ncccc1-c1ccccc1. The molecule has 0 aliphatic rings. The second kappa shape index (κ2) is 4.63. The van der Waals surface area contributed by atoms with E-state index in [1.165, 1.54) is 0 Å². The summed E-state index contributed by atoms with van der Waals surface area (Å²) < 4.78 is 0. The molecule has 0 saturated heterocycles. The third kappa shape index (κ3) is 2.03. The first-order chi connectivity index (χ1) is 6.38. The van der Waals surface area contributed by atoms with Gasteiger partial charge in [-0.3, -0.25) is 0 Å². The zero-order valence-corrected chi connectivity index (χ0v) is 8.37. The number of benzene rings is 1. The fourth-order valence-corrected chi connectivity index (χ4v) is 1.28. The second-order valence-electron chi connectivity index (χ2n) is 2.80. The van der Waals surface area contributed by atoms with Crippen molar-refractivity contribution in [3.8, 4) is 11.1 Å². The Hall–Kier alpha value is -1.54. The van der Waals surface area contributed by atoms with Gasteiger partial charge in [-0.25, -0.2) is 4.98 Å². The van der Waals surface area contributed by atoms with Crippen LogP contribution in [-0.4, -0.2) is 4.98 Å². The highest BCUT2D eigenvalue weighted by atomic mass is 35.5. The predicted octanol–water partition coefficient (Wildman–Crippen LogP) is 2.75. The third-order valence-corrected chi connectivity index (χ3v) is 1.92. The van der Waals surface area contributed by atoms with Crippen LogP contribution in [-0.2, 0) is 0 Å². The number of nitrogens with two attached hydrogens (primary N) is 1. The molecule has 0 fully saturated rings. The lowest BCUT2D eigenvalue weighted by atomic mass is 10.1. The molecule has 1 heterocycles. The van der Waals surface area contributed by atoms with Gasteiger partial charge in [0.25, 0.3) is 0 Å². The molecule has 0 atom stereocenters. The van der Waals surface area contributed by atoms with Crippen LogP contribution in [0.5, 0.6) is 0 Å². The van der Waals surface area contributed by atoms with E-state index in [1.807, 2.05) is 42.5 Å². The van der Waals surface area contributed by atoms with E-state index >= 15 is 0 Å². The summed E-state index contributed by atoms with van der Waals surface area (Å²) in [6.45, 7) is 0. The lowest BCUT2D eigenvalue weighted by Crippen LogP contribution is -1.92. The van der Waals surface area contributed by atoms with Gasteiger partial charge in [-0.05, 0) is 17.7 Å². The van der Waals surface area contributed by atoms with E-state index in [0.717, 1.165) is 11.1 Å². The maximum atomic E-state index is 5.74. The van der Waals surface area contributed by atoms with Crippen molar-refractivity contribution in [1.29, 1.82) is 0 Å². The van der Waals surface area contributed by atoms with Gasteiger partial charge >= 0.3 is 0 Å². The van der Waals surface area contributed by atoms with Gasteiger partial charge in [-0.1, -0.05) is 30.3 Å². The average Bonchev–Trinajstić information content (AvgIpc) is 2.20. The van der Waals surface area contributed by atoms with Crippen molar-refractivity contribution in [3.63, 3.8) is 0 Å². The Kier molecular flexibility index (Phi) is 3.48. The first-order valence-electron chi connectivity index (χ1n) is 4.14. The van der Waals surface area contributed by atoms with E-state index in [4.69, 9.17) is 5.73 Å². The molecule has 2 rings (SSSR count). The number of anilines is 1. The molecule has 0 radical (unpaired) electrons. The highest BCUT2D eigenvalue weighted by Crippen LogP contribution is 2.22. The molecular weight excluding hydrogens is 196 g/mol.